The molecule has 6 heteroatoms. The number of halogens is 2. The first-order chi connectivity index (χ1) is 13.6. The standard InChI is InChI=1S/C22H16ClFN2OS/c23-19-6-2-1-5-16(19)13-25-22(27)21-20(26-11-3-4-12-26)18(14-28-21)15-7-9-17(24)10-8-15/h1-12,14H,13H2,(H,25,27). The molecule has 2 heterocycles. The maximum Gasteiger partial charge on any atom is 0.263 e. The highest BCUT2D eigenvalue weighted by atomic mass is 35.5. The van der Waals surface area contributed by atoms with Crippen molar-refractivity contribution in [1.82, 2.24) is 9.88 Å². The molecule has 0 unspecified atom stereocenters. The second kappa shape index (κ2) is 8.00. The smallest absolute Gasteiger partial charge is 0.263 e. The molecule has 4 rings (SSSR count). The van der Waals surface area contributed by atoms with Gasteiger partial charge in [0.15, 0.2) is 0 Å². The molecule has 0 bridgehead atoms. The van der Waals surface area contributed by atoms with Gasteiger partial charge in [0.05, 0.1) is 5.69 Å². The lowest BCUT2D eigenvalue weighted by Crippen LogP contribution is -2.23. The average Bonchev–Trinajstić information content (AvgIpc) is 3.37. The Morgan fingerprint density at radius 3 is 2.46 bits per heavy atom. The molecule has 1 N–H and O–H groups in total. The summed E-state index contributed by atoms with van der Waals surface area (Å²) in [4.78, 5) is 13.5. The van der Waals surface area contributed by atoms with E-state index in [1.165, 1.54) is 23.5 Å². The summed E-state index contributed by atoms with van der Waals surface area (Å²) < 4.78 is 15.2. The lowest BCUT2D eigenvalue weighted by Gasteiger charge is -2.11. The zero-order valence-electron chi connectivity index (χ0n) is 14.7. The summed E-state index contributed by atoms with van der Waals surface area (Å²) >= 11 is 7.54. The highest BCUT2D eigenvalue weighted by molar-refractivity contribution is 7.13. The Morgan fingerprint density at radius 2 is 1.75 bits per heavy atom. The monoisotopic (exact) mass is 410 g/mol. The van der Waals surface area contributed by atoms with Gasteiger partial charge in [-0.1, -0.05) is 41.9 Å². The van der Waals surface area contributed by atoms with Crippen LogP contribution in [0.15, 0.2) is 78.4 Å². The highest BCUT2D eigenvalue weighted by Gasteiger charge is 2.20. The Bertz CT molecular complexity index is 1100. The SMILES string of the molecule is O=C(NCc1ccccc1Cl)c1scc(-c2ccc(F)cc2)c1-n1cccc1. The fourth-order valence-corrected chi connectivity index (χ4v) is 4.18. The average molecular weight is 411 g/mol. The van der Waals surface area contributed by atoms with Gasteiger partial charge < -0.3 is 9.88 Å². The van der Waals surface area contributed by atoms with Crippen LogP contribution in [0.1, 0.15) is 15.2 Å². The van der Waals surface area contributed by atoms with Crippen molar-refractivity contribution in [3.05, 3.63) is 99.7 Å². The summed E-state index contributed by atoms with van der Waals surface area (Å²) in [5.74, 6) is -0.471. The number of carbonyl (C=O) groups excluding carboxylic acids is 1. The van der Waals surface area contributed by atoms with Crippen LogP contribution < -0.4 is 5.32 Å². The normalized spacial score (nSPS) is 10.8. The van der Waals surface area contributed by atoms with E-state index in [1.807, 2.05) is 52.7 Å². The van der Waals surface area contributed by atoms with Crippen LogP contribution in [0.3, 0.4) is 0 Å². The van der Waals surface area contributed by atoms with Crippen LogP contribution in [0.5, 0.6) is 0 Å². The van der Waals surface area contributed by atoms with Gasteiger partial charge in [-0.2, -0.15) is 0 Å². The van der Waals surface area contributed by atoms with Crippen molar-refractivity contribution in [2.75, 3.05) is 0 Å². The maximum absolute atomic E-state index is 13.3. The van der Waals surface area contributed by atoms with Gasteiger partial charge in [0.25, 0.3) is 5.91 Å². The molecule has 0 atom stereocenters. The lowest BCUT2D eigenvalue weighted by atomic mass is 10.1. The van der Waals surface area contributed by atoms with E-state index in [1.54, 1.807) is 18.2 Å². The Morgan fingerprint density at radius 1 is 1.04 bits per heavy atom. The molecule has 0 saturated heterocycles. The summed E-state index contributed by atoms with van der Waals surface area (Å²) in [6.45, 7) is 0.341. The van der Waals surface area contributed by atoms with Crippen LogP contribution in [0.25, 0.3) is 16.8 Å². The first-order valence-corrected chi connectivity index (χ1v) is 9.91. The second-order valence-electron chi connectivity index (χ2n) is 6.20. The third kappa shape index (κ3) is 3.72. The van der Waals surface area contributed by atoms with Crippen LogP contribution in [-0.2, 0) is 6.54 Å². The minimum Gasteiger partial charge on any atom is -0.347 e. The summed E-state index contributed by atoms with van der Waals surface area (Å²) in [6.07, 6.45) is 3.78. The van der Waals surface area contributed by atoms with Crippen molar-refractivity contribution in [1.29, 1.82) is 0 Å². The van der Waals surface area contributed by atoms with Crippen LogP contribution >= 0.6 is 22.9 Å². The van der Waals surface area contributed by atoms with E-state index in [2.05, 4.69) is 5.32 Å². The predicted molar refractivity (Wildman–Crippen MR) is 112 cm³/mol. The quantitative estimate of drug-likeness (QED) is 0.434. The van der Waals surface area contributed by atoms with Crippen molar-refractivity contribution in [3.8, 4) is 16.8 Å². The number of rotatable bonds is 5. The molecule has 2 aromatic heterocycles. The first-order valence-electron chi connectivity index (χ1n) is 8.66. The van der Waals surface area contributed by atoms with Crippen molar-refractivity contribution in [2.45, 2.75) is 6.54 Å². The van der Waals surface area contributed by atoms with Crippen molar-refractivity contribution >= 4 is 28.8 Å². The highest BCUT2D eigenvalue weighted by Crippen LogP contribution is 2.35. The van der Waals surface area contributed by atoms with Crippen LogP contribution in [0.4, 0.5) is 4.39 Å². The Balaban J connectivity index is 1.68. The van der Waals surface area contributed by atoms with E-state index < -0.39 is 0 Å². The zero-order valence-corrected chi connectivity index (χ0v) is 16.3. The van der Waals surface area contributed by atoms with E-state index in [0.29, 0.717) is 16.4 Å². The molecule has 1 amide bonds. The first kappa shape index (κ1) is 18.5. The molecule has 0 spiro atoms. The number of carbonyl (C=O) groups is 1. The van der Waals surface area contributed by atoms with E-state index in [0.717, 1.165) is 22.4 Å². The summed E-state index contributed by atoms with van der Waals surface area (Å²) in [7, 11) is 0. The second-order valence-corrected chi connectivity index (χ2v) is 7.49. The number of thiophene rings is 1. The van der Waals surface area contributed by atoms with Crippen LogP contribution in [-0.4, -0.2) is 10.5 Å². The van der Waals surface area contributed by atoms with E-state index in [4.69, 9.17) is 11.6 Å². The van der Waals surface area contributed by atoms with Gasteiger partial charge in [0, 0.05) is 34.9 Å². The minimum absolute atomic E-state index is 0.179. The third-order valence-electron chi connectivity index (χ3n) is 4.39. The topological polar surface area (TPSA) is 34.0 Å². The molecule has 0 fully saturated rings. The number of benzene rings is 2. The van der Waals surface area contributed by atoms with Gasteiger partial charge in [-0.15, -0.1) is 11.3 Å². The predicted octanol–water partition coefficient (Wildman–Crippen LogP) is 5.93. The summed E-state index contributed by atoms with van der Waals surface area (Å²) in [6, 6.07) is 17.5. The number of amides is 1. The van der Waals surface area contributed by atoms with Crippen LogP contribution in [0.2, 0.25) is 5.02 Å². The molecular formula is C22H16ClFN2OS. The molecule has 0 aliphatic rings. The molecule has 28 heavy (non-hydrogen) atoms. The fourth-order valence-electron chi connectivity index (χ4n) is 2.98. The molecule has 0 radical (unpaired) electrons. The van der Waals surface area contributed by atoms with Crippen molar-refractivity contribution in [2.24, 2.45) is 0 Å². The van der Waals surface area contributed by atoms with Gasteiger partial charge in [-0.3, -0.25) is 4.79 Å². The van der Waals surface area contributed by atoms with Gasteiger partial charge in [-0.05, 0) is 41.5 Å². The molecule has 140 valence electrons. The third-order valence-corrected chi connectivity index (χ3v) is 5.72. The van der Waals surface area contributed by atoms with E-state index in [9.17, 15) is 9.18 Å². The molecule has 4 aromatic rings. The van der Waals surface area contributed by atoms with Gasteiger partial charge in [-0.25, -0.2) is 4.39 Å². The zero-order chi connectivity index (χ0) is 19.5. The molecule has 0 saturated carbocycles. The molecule has 0 aliphatic heterocycles. The Kier molecular flexibility index (Phi) is 5.28. The number of nitrogens with one attached hydrogen (secondary N) is 1. The fraction of sp³-hybridized carbons (Fsp3) is 0.0455. The minimum atomic E-state index is -0.292. The molecular weight excluding hydrogens is 395 g/mol. The van der Waals surface area contributed by atoms with Gasteiger partial charge in [0.1, 0.15) is 10.7 Å². The van der Waals surface area contributed by atoms with Crippen molar-refractivity contribution < 1.29 is 9.18 Å². The number of hydrogen-bond acceptors (Lipinski definition) is 2. The molecule has 2 aromatic carbocycles. The van der Waals surface area contributed by atoms with Gasteiger partial charge >= 0.3 is 0 Å². The number of hydrogen-bond donors (Lipinski definition) is 1. The Hall–Kier alpha value is -2.89. The lowest BCUT2D eigenvalue weighted by molar-refractivity contribution is 0.0955. The van der Waals surface area contributed by atoms with Gasteiger partial charge in [0.2, 0.25) is 0 Å². The Labute approximate surface area is 171 Å². The summed E-state index contributed by atoms with van der Waals surface area (Å²) in [5, 5.41) is 5.49. The number of nitrogens with zero attached hydrogens (tertiary/aromatic N) is 1. The number of aromatic nitrogens is 1. The van der Waals surface area contributed by atoms with Crippen LogP contribution in [0, 0.1) is 5.82 Å². The summed E-state index contributed by atoms with van der Waals surface area (Å²) in [5.41, 5.74) is 3.37. The molecule has 3 nitrogen and oxygen atoms in total. The maximum atomic E-state index is 13.3. The van der Waals surface area contributed by atoms with E-state index >= 15 is 0 Å². The van der Waals surface area contributed by atoms with E-state index in [-0.39, 0.29) is 11.7 Å². The molecule has 0 aliphatic carbocycles. The van der Waals surface area contributed by atoms with Crippen molar-refractivity contribution in [3.63, 3.8) is 0 Å². The largest absolute Gasteiger partial charge is 0.347 e.